The number of halogens is 1. The molecule has 58 heavy (non-hydrogen) atoms. The van der Waals surface area contributed by atoms with Gasteiger partial charge in [-0.1, -0.05) is 121 Å². The van der Waals surface area contributed by atoms with Crippen LogP contribution in [0.3, 0.4) is 0 Å². The fourth-order valence-electron chi connectivity index (χ4n) is 5.93. The van der Waals surface area contributed by atoms with Crippen LogP contribution >= 0.6 is 0 Å². The molecule has 0 aliphatic heterocycles. The van der Waals surface area contributed by atoms with Crippen LogP contribution in [0, 0.1) is 10.2 Å². The molecule has 13 heteroatoms. The molecule has 0 N–H and O–H groups in total. The van der Waals surface area contributed by atoms with Gasteiger partial charge in [0.25, 0.3) is 0 Å². The van der Waals surface area contributed by atoms with Gasteiger partial charge in [-0.05, 0) is 54.3 Å². The molecule has 0 fully saturated rings. The third-order valence-electron chi connectivity index (χ3n) is 8.43. The van der Waals surface area contributed by atoms with Crippen molar-refractivity contribution in [2.45, 2.75) is 19.6 Å². The van der Waals surface area contributed by atoms with Crippen LogP contribution in [0.25, 0.3) is 44.8 Å². The van der Waals surface area contributed by atoms with Gasteiger partial charge in [0.05, 0.1) is 33.9 Å². The Kier molecular flexibility index (Phi) is 15.5. The van der Waals surface area contributed by atoms with Gasteiger partial charge in [0.1, 0.15) is 11.3 Å². The van der Waals surface area contributed by atoms with E-state index < -0.39 is 21.4 Å². The van der Waals surface area contributed by atoms with E-state index in [1.54, 1.807) is 48.5 Å². The van der Waals surface area contributed by atoms with Gasteiger partial charge >= 0.3 is 16.5 Å². The summed E-state index contributed by atoms with van der Waals surface area (Å²) in [4.78, 5) is 28.7. The summed E-state index contributed by atoms with van der Waals surface area (Å²) in [7, 11) is -4.94. The molecule has 4 aromatic carbocycles. The molecular weight excluding hydrogens is 803 g/mol. The number of pyridine rings is 3. The van der Waals surface area contributed by atoms with Gasteiger partial charge in [-0.25, -0.2) is 18.6 Å². The van der Waals surface area contributed by atoms with E-state index in [2.05, 4.69) is 76.6 Å². The number of nitrogens with zero attached hydrogens (tertiary/aromatic N) is 4. The zero-order valence-corrected chi connectivity index (χ0v) is 32.4. The van der Waals surface area contributed by atoms with E-state index in [0.29, 0.717) is 29.6 Å². The number of hydrogen-bond donors (Lipinski definition) is 0. The number of benzene rings is 4. The molecule has 0 radical (unpaired) electrons. The van der Waals surface area contributed by atoms with E-state index in [9.17, 15) is 9.90 Å². The molecule has 294 valence electrons. The minimum atomic E-state index is -4.94. The second-order valence-corrected chi connectivity index (χ2v) is 13.3. The minimum Gasteiger partial charge on any atom is -0.867 e. The van der Waals surface area contributed by atoms with E-state index in [1.165, 1.54) is 0 Å². The van der Waals surface area contributed by atoms with Crippen molar-refractivity contribution in [3.05, 3.63) is 203 Å². The number of para-hydroxylation sites is 1. The summed E-state index contributed by atoms with van der Waals surface area (Å²) >= 11 is 0. The average molecular weight is 838 g/mol. The Morgan fingerprint density at radius 1 is 0.517 bits per heavy atom. The first-order valence-corrected chi connectivity index (χ1v) is 18.9. The van der Waals surface area contributed by atoms with Crippen LogP contribution in [0.4, 0.5) is 0 Å². The van der Waals surface area contributed by atoms with Gasteiger partial charge in [-0.3, -0.25) is 24.6 Å². The second kappa shape index (κ2) is 20.9. The zero-order valence-electron chi connectivity index (χ0n) is 30.7. The van der Waals surface area contributed by atoms with Gasteiger partial charge in [-0.2, -0.15) is 0 Å². The molecule has 0 spiro atoms. The smallest absolute Gasteiger partial charge is 0.867 e. The second-order valence-electron chi connectivity index (χ2n) is 12.6. The zero-order chi connectivity index (χ0) is 40.0. The summed E-state index contributed by atoms with van der Waals surface area (Å²) in [5, 5.41) is 12.3. The molecule has 0 saturated heterocycles. The van der Waals surface area contributed by atoms with Crippen molar-refractivity contribution in [3.8, 4) is 39.6 Å². The monoisotopic (exact) mass is 836 g/mol. The first-order chi connectivity index (χ1) is 27.6. The van der Waals surface area contributed by atoms with E-state index in [1.807, 2.05) is 60.8 Å². The third kappa shape index (κ3) is 12.7. The van der Waals surface area contributed by atoms with Crippen LogP contribution in [0.1, 0.15) is 17.1 Å². The van der Waals surface area contributed by atoms with Crippen LogP contribution < -0.4 is 29.2 Å². The first-order valence-electron chi connectivity index (χ1n) is 17.7. The fraction of sp³-hybridized carbons (Fsp3) is 0.0667. The van der Waals surface area contributed by atoms with Gasteiger partial charge in [0.15, 0.2) is 5.43 Å². The van der Waals surface area contributed by atoms with Crippen molar-refractivity contribution in [2.24, 2.45) is 0 Å². The Bertz CT molecular complexity index is 2460. The van der Waals surface area contributed by atoms with Crippen molar-refractivity contribution in [1.29, 1.82) is 0 Å². The summed E-state index contributed by atoms with van der Waals surface area (Å²) in [5.74, 6) is -0.501. The molecule has 8 aromatic rings. The molecule has 0 saturated carbocycles. The number of aromatic nitrogens is 3. The Balaban J connectivity index is 0.000000223. The van der Waals surface area contributed by atoms with Gasteiger partial charge in [-0.15, -0.1) is 10.2 Å². The number of hydrogen-bond acceptors (Lipinski definition) is 11. The molecular formula is C45H35ClN4NiO7. The van der Waals surface area contributed by atoms with E-state index in [0.717, 1.165) is 46.1 Å². The van der Waals surface area contributed by atoms with Crippen molar-refractivity contribution in [1.82, 2.24) is 19.9 Å². The van der Waals surface area contributed by atoms with E-state index in [4.69, 9.17) is 33.0 Å². The molecule has 0 bridgehead atoms. The van der Waals surface area contributed by atoms with Crippen LogP contribution in [0.5, 0.6) is 5.75 Å². The predicted molar refractivity (Wildman–Crippen MR) is 204 cm³/mol. The fourth-order valence-corrected chi connectivity index (χ4v) is 5.93. The standard InChI is InChI=1S/C30H26N4.C15H10O3.ClHO4.Ni/c1-3-11-24(12-4-1)29-18-9-16-27(32-29)22-34(21-26-15-7-8-20-31-26)23-28-17-10-19-30(33-28)25-13-5-2-6-14-25;16-13-11-8-4-5-9-12(11)18-15(14(13)17)10-6-2-1-3-7-10;2-1(3,4)5;/h1-20H,21-23H2;1-9,17H;(H,2,3,4,5);/q;;;+2/p-2. The largest absolute Gasteiger partial charge is 2.00 e. The van der Waals surface area contributed by atoms with E-state index >= 15 is 0 Å². The third-order valence-corrected chi connectivity index (χ3v) is 8.43. The molecule has 0 aliphatic carbocycles. The van der Waals surface area contributed by atoms with E-state index in [-0.39, 0.29) is 22.3 Å². The molecule has 11 nitrogen and oxygen atoms in total. The summed E-state index contributed by atoms with van der Waals surface area (Å²) < 4.78 is 39.5. The van der Waals surface area contributed by atoms with Crippen molar-refractivity contribution in [2.75, 3.05) is 0 Å². The summed E-state index contributed by atoms with van der Waals surface area (Å²) in [6, 6.07) is 54.8. The Hall–Kier alpha value is -6.08. The predicted octanol–water partition coefficient (Wildman–Crippen LogP) is 4.18. The SMILES string of the molecule is O=c1c([O-])c(-c2ccccc2)oc2ccccc12.[Ni+2].[O-][Cl+3]([O-])([O-])[O-].c1ccc(-c2cccc(CN(Cc3ccccn3)Cc3cccc(-c4ccccc4)n3)n2)cc1. The summed E-state index contributed by atoms with van der Waals surface area (Å²) in [5.41, 5.74) is 7.83. The minimum absolute atomic E-state index is 0. The average Bonchev–Trinajstić information content (AvgIpc) is 3.23. The summed E-state index contributed by atoms with van der Waals surface area (Å²) in [6.45, 7) is 2.12. The van der Waals surface area contributed by atoms with Crippen LogP contribution in [0.2, 0.25) is 0 Å². The Labute approximate surface area is 346 Å². The maximum absolute atomic E-state index is 12.0. The van der Waals surface area contributed by atoms with Gasteiger partial charge in [0, 0.05) is 42.5 Å². The molecule has 8 rings (SSSR count). The molecule has 4 aromatic heterocycles. The van der Waals surface area contributed by atoms with Crippen molar-refractivity contribution >= 4 is 11.0 Å². The Morgan fingerprint density at radius 2 is 0.948 bits per heavy atom. The Morgan fingerprint density at radius 3 is 1.45 bits per heavy atom. The summed E-state index contributed by atoms with van der Waals surface area (Å²) in [6.07, 6.45) is 1.84. The quantitative estimate of drug-likeness (QED) is 0.190. The van der Waals surface area contributed by atoms with Crippen LogP contribution in [0.15, 0.2) is 185 Å². The van der Waals surface area contributed by atoms with Gasteiger partial charge in [0.2, 0.25) is 0 Å². The molecule has 0 atom stereocenters. The van der Waals surface area contributed by atoms with Crippen molar-refractivity contribution < 1.29 is 54.9 Å². The van der Waals surface area contributed by atoms with Crippen LogP contribution in [-0.2, 0) is 36.1 Å². The van der Waals surface area contributed by atoms with Gasteiger partial charge < -0.3 is 9.52 Å². The maximum atomic E-state index is 12.0. The normalized spacial score (nSPS) is 10.8. The first kappa shape index (κ1) is 43.1. The molecule has 0 unspecified atom stereocenters. The number of fused-ring (bicyclic) bond motifs is 1. The topological polar surface area (TPSA) is 187 Å². The maximum Gasteiger partial charge on any atom is 2.00 e. The molecule has 0 amide bonds. The number of rotatable bonds is 9. The molecule has 4 heterocycles. The van der Waals surface area contributed by atoms with Crippen LogP contribution in [-0.4, -0.2) is 19.9 Å². The molecule has 0 aliphatic rings. The van der Waals surface area contributed by atoms with Crippen molar-refractivity contribution in [3.63, 3.8) is 0 Å².